The lowest BCUT2D eigenvalue weighted by atomic mass is 10.0. The number of H-pyrrole nitrogens is 1. The summed E-state index contributed by atoms with van der Waals surface area (Å²) >= 11 is 2.39. The van der Waals surface area contributed by atoms with E-state index in [1.54, 1.807) is 0 Å². The molecule has 2 aromatic carbocycles. The number of unbranched alkanes of at least 4 members (excludes halogenated alkanes) is 9. The number of aromatic nitrogens is 1. The Bertz CT molecular complexity index is 818. The Hall–Kier alpha value is -1.03. The van der Waals surface area contributed by atoms with Gasteiger partial charge < -0.3 is 4.98 Å². The fourth-order valence-corrected chi connectivity index (χ4v) is 4.39. The predicted octanol–water partition coefficient (Wildman–Crippen LogP) is 8.39. The Kier molecular flexibility index (Phi) is 7.85. The third kappa shape index (κ3) is 5.48. The third-order valence-electron chi connectivity index (χ3n) is 5.44. The molecule has 0 amide bonds. The van der Waals surface area contributed by atoms with Crippen molar-refractivity contribution < 1.29 is 0 Å². The molecule has 0 aliphatic heterocycles. The Morgan fingerprint density at radius 2 is 1.38 bits per heavy atom. The van der Waals surface area contributed by atoms with Gasteiger partial charge in [-0.25, -0.2) is 0 Å². The van der Waals surface area contributed by atoms with Crippen LogP contribution in [0.4, 0.5) is 0 Å². The van der Waals surface area contributed by atoms with E-state index in [4.69, 9.17) is 0 Å². The zero-order chi connectivity index (χ0) is 18.2. The highest BCUT2D eigenvalue weighted by molar-refractivity contribution is 14.1. The van der Waals surface area contributed by atoms with E-state index in [1.165, 1.54) is 102 Å². The number of hydrogen-bond acceptors (Lipinski definition) is 0. The van der Waals surface area contributed by atoms with E-state index in [0.29, 0.717) is 0 Å². The van der Waals surface area contributed by atoms with Crippen LogP contribution in [0.2, 0.25) is 0 Å². The van der Waals surface area contributed by atoms with Crippen molar-refractivity contribution in [1.82, 2.24) is 4.98 Å². The number of benzene rings is 2. The summed E-state index contributed by atoms with van der Waals surface area (Å²) in [5.74, 6) is 0. The maximum absolute atomic E-state index is 3.58. The first-order valence-corrected chi connectivity index (χ1v) is 11.6. The summed E-state index contributed by atoms with van der Waals surface area (Å²) < 4.78 is 1.30. The maximum Gasteiger partial charge on any atom is 0.0467 e. The van der Waals surface area contributed by atoms with Crippen LogP contribution in [0.15, 0.2) is 36.4 Å². The molecule has 1 nitrogen and oxygen atoms in total. The number of halogens is 1. The minimum atomic E-state index is 1.21. The van der Waals surface area contributed by atoms with Crippen LogP contribution in [-0.4, -0.2) is 4.98 Å². The first-order valence-electron chi connectivity index (χ1n) is 10.5. The van der Waals surface area contributed by atoms with E-state index in [1.807, 2.05) is 0 Å². The smallest absolute Gasteiger partial charge is 0.0467 e. The van der Waals surface area contributed by atoms with Gasteiger partial charge in [0.25, 0.3) is 0 Å². The summed E-state index contributed by atoms with van der Waals surface area (Å²) in [4.78, 5) is 3.58. The van der Waals surface area contributed by atoms with Crippen LogP contribution < -0.4 is 0 Å². The SMILES string of the molecule is CCCCCCCCCCCCc1ccc2c(c1)[nH]c1ccc(I)cc12. The van der Waals surface area contributed by atoms with Crippen LogP contribution in [0, 0.1) is 3.57 Å². The fraction of sp³-hybridized carbons (Fsp3) is 0.500. The van der Waals surface area contributed by atoms with Crippen molar-refractivity contribution in [3.8, 4) is 0 Å². The van der Waals surface area contributed by atoms with Crippen LogP contribution in [-0.2, 0) is 6.42 Å². The molecule has 0 saturated carbocycles. The molecule has 0 aliphatic carbocycles. The molecule has 0 saturated heterocycles. The van der Waals surface area contributed by atoms with Crippen LogP contribution >= 0.6 is 22.6 Å². The van der Waals surface area contributed by atoms with Gasteiger partial charge in [0.1, 0.15) is 0 Å². The molecule has 0 unspecified atom stereocenters. The lowest BCUT2D eigenvalue weighted by molar-refractivity contribution is 0.556. The van der Waals surface area contributed by atoms with E-state index in [-0.39, 0.29) is 0 Å². The standard InChI is InChI=1S/C24H32IN/c1-2-3-4-5-6-7-8-9-10-11-12-19-13-15-21-22-18-20(25)14-16-23(22)26-24(21)17-19/h13-18,26H,2-12H2,1H3. The van der Waals surface area contributed by atoms with E-state index >= 15 is 0 Å². The van der Waals surface area contributed by atoms with Gasteiger partial charge in [0, 0.05) is 25.4 Å². The lowest BCUT2D eigenvalue weighted by Crippen LogP contribution is -1.87. The molecular weight excluding hydrogens is 429 g/mol. The Morgan fingerprint density at radius 3 is 2.12 bits per heavy atom. The summed E-state index contributed by atoms with van der Waals surface area (Å²) in [6.45, 7) is 2.29. The molecule has 1 heterocycles. The first-order chi connectivity index (χ1) is 12.8. The van der Waals surface area contributed by atoms with E-state index in [9.17, 15) is 0 Å². The van der Waals surface area contributed by atoms with Crippen molar-refractivity contribution in [2.24, 2.45) is 0 Å². The van der Waals surface area contributed by atoms with Crippen LogP contribution in [0.25, 0.3) is 21.8 Å². The summed E-state index contributed by atoms with van der Waals surface area (Å²) in [7, 11) is 0. The number of rotatable bonds is 11. The van der Waals surface area contributed by atoms with Crippen LogP contribution in [0.5, 0.6) is 0 Å². The zero-order valence-corrected chi connectivity index (χ0v) is 18.3. The molecule has 0 aliphatic rings. The van der Waals surface area contributed by atoms with Gasteiger partial charge in [-0.1, -0.05) is 76.8 Å². The van der Waals surface area contributed by atoms with Gasteiger partial charge in [-0.3, -0.25) is 0 Å². The average Bonchev–Trinajstić information content (AvgIpc) is 3.00. The van der Waals surface area contributed by atoms with Gasteiger partial charge in [-0.05, 0) is 65.3 Å². The fourth-order valence-electron chi connectivity index (χ4n) is 3.90. The molecule has 1 aromatic heterocycles. The molecule has 0 radical (unpaired) electrons. The van der Waals surface area contributed by atoms with Crippen molar-refractivity contribution in [2.75, 3.05) is 0 Å². The highest BCUT2D eigenvalue weighted by Crippen LogP contribution is 2.28. The minimum absolute atomic E-state index is 1.21. The number of aryl methyl sites for hydroxylation is 1. The molecule has 26 heavy (non-hydrogen) atoms. The predicted molar refractivity (Wildman–Crippen MR) is 124 cm³/mol. The molecule has 0 spiro atoms. The molecule has 140 valence electrons. The van der Waals surface area contributed by atoms with Crippen molar-refractivity contribution in [3.63, 3.8) is 0 Å². The molecule has 1 N–H and O–H groups in total. The highest BCUT2D eigenvalue weighted by atomic mass is 127. The summed E-state index contributed by atoms with van der Waals surface area (Å²) in [6.07, 6.45) is 15.2. The molecule has 2 heteroatoms. The van der Waals surface area contributed by atoms with Crippen LogP contribution in [0.3, 0.4) is 0 Å². The molecule has 0 atom stereocenters. The largest absolute Gasteiger partial charge is 0.355 e. The first kappa shape index (κ1) is 19.7. The Balaban J connectivity index is 1.41. The molecule has 3 rings (SSSR count). The van der Waals surface area contributed by atoms with Crippen molar-refractivity contribution in [3.05, 3.63) is 45.5 Å². The average molecular weight is 461 g/mol. The van der Waals surface area contributed by atoms with Gasteiger partial charge in [-0.15, -0.1) is 0 Å². The normalized spacial score (nSPS) is 11.6. The Morgan fingerprint density at radius 1 is 0.692 bits per heavy atom. The molecular formula is C24H32IN. The quantitative estimate of drug-likeness (QED) is 0.218. The van der Waals surface area contributed by atoms with Gasteiger partial charge in [0.15, 0.2) is 0 Å². The topological polar surface area (TPSA) is 15.8 Å². The Labute approximate surface area is 172 Å². The summed E-state index contributed by atoms with van der Waals surface area (Å²) in [5.41, 5.74) is 4.00. The van der Waals surface area contributed by atoms with Gasteiger partial charge in [-0.2, -0.15) is 0 Å². The molecule has 3 aromatic rings. The zero-order valence-electron chi connectivity index (χ0n) is 16.1. The maximum atomic E-state index is 3.58. The second-order valence-electron chi connectivity index (χ2n) is 7.63. The number of hydrogen-bond donors (Lipinski definition) is 1. The van der Waals surface area contributed by atoms with Gasteiger partial charge in [0.05, 0.1) is 0 Å². The minimum Gasteiger partial charge on any atom is -0.355 e. The molecule has 0 fully saturated rings. The number of aromatic amines is 1. The van der Waals surface area contributed by atoms with Gasteiger partial charge >= 0.3 is 0 Å². The third-order valence-corrected chi connectivity index (χ3v) is 6.12. The van der Waals surface area contributed by atoms with Crippen molar-refractivity contribution >= 4 is 44.4 Å². The van der Waals surface area contributed by atoms with Crippen molar-refractivity contribution in [2.45, 2.75) is 77.6 Å². The monoisotopic (exact) mass is 461 g/mol. The summed E-state index contributed by atoms with van der Waals surface area (Å²) in [5, 5.41) is 2.70. The highest BCUT2D eigenvalue weighted by Gasteiger charge is 2.05. The van der Waals surface area contributed by atoms with E-state index in [0.717, 1.165) is 0 Å². The van der Waals surface area contributed by atoms with Crippen molar-refractivity contribution in [1.29, 1.82) is 0 Å². The lowest BCUT2D eigenvalue weighted by Gasteiger charge is -2.03. The number of nitrogens with one attached hydrogen (secondary N) is 1. The summed E-state index contributed by atoms with van der Waals surface area (Å²) in [6, 6.07) is 13.6. The number of fused-ring (bicyclic) bond motifs is 3. The van der Waals surface area contributed by atoms with Gasteiger partial charge in [0.2, 0.25) is 0 Å². The van der Waals surface area contributed by atoms with E-state index in [2.05, 4.69) is 70.9 Å². The van der Waals surface area contributed by atoms with Crippen LogP contribution in [0.1, 0.15) is 76.7 Å². The van der Waals surface area contributed by atoms with E-state index < -0.39 is 0 Å². The second-order valence-corrected chi connectivity index (χ2v) is 8.87. The molecule has 0 bridgehead atoms. The second kappa shape index (κ2) is 10.3.